The monoisotopic (exact) mass is 219 g/mol. The number of primary amides is 1. The normalized spacial score (nSPS) is 10.9. The molecular weight excluding hydrogens is 206 g/mol. The van der Waals surface area contributed by atoms with E-state index in [1.165, 1.54) is 0 Å². The topological polar surface area (TPSA) is 69.4 Å². The van der Waals surface area contributed by atoms with Crippen LogP contribution in [0.4, 0.5) is 0 Å². The Kier molecular flexibility index (Phi) is 4.27. The van der Waals surface area contributed by atoms with Gasteiger partial charge in [0.15, 0.2) is 6.61 Å². The van der Waals surface area contributed by atoms with Crippen LogP contribution >= 0.6 is 0 Å². The van der Waals surface area contributed by atoms with Gasteiger partial charge in [0.1, 0.15) is 12.0 Å². The number of amides is 1. The summed E-state index contributed by atoms with van der Waals surface area (Å²) in [4.78, 5) is 20.9. The number of hydrogen-bond acceptors (Lipinski definition) is 3. The zero-order valence-corrected chi connectivity index (χ0v) is 8.97. The van der Waals surface area contributed by atoms with Gasteiger partial charge in [-0.15, -0.1) is 0 Å². The van der Waals surface area contributed by atoms with Crippen LogP contribution in [-0.4, -0.2) is 18.8 Å². The van der Waals surface area contributed by atoms with E-state index in [-0.39, 0.29) is 6.61 Å². The lowest BCUT2D eigenvalue weighted by Crippen LogP contribution is -2.19. The van der Waals surface area contributed by atoms with Gasteiger partial charge in [0.25, 0.3) is 5.91 Å². The highest BCUT2D eigenvalue weighted by atomic mass is 16.5. The smallest absolute Gasteiger partial charge is 0.255 e. The maximum absolute atomic E-state index is 10.5. The number of ether oxygens (including phenoxy) is 1. The zero-order chi connectivity index (χ0) is 12.0. The molecule has 0 saturated carbocycles. The van der Waals surface area contributed by atoms with Gasteiger partial charge >= 0.3 is 0 Å². The first-order chi connectivity index (χ1) is 7.61. The molecule has 4 heteroatoms. The first-order valence-electron chi connectivity index (χ1n) is 4.76. The fraction of sp³-hybridized carbons (Fsp3) is 0.167. The van der Waals surface area contributed by atoms with Crippen LogP contribution in [0, 0.1) is 0 Å². The number of hydrogen-bond donors (Lipinski definition) is 1. The molecule has 0 bridgehead atoms. The molecule has 1 rings (SSSR count). The van der Waals surface area contributed by atoms with Gasteiger partial charge in [0, 0.05) is 0 Å². The average Bonchev–Trinajstić information content (AvgIpc) is 2.28. The van der Waals surface area contributed by atoms with E-state index < -0.39 is 5.91 Å². The number of carbonyl (C=O) groups is 2. The van der Waals surface area contributed by atoms with Crippen molar-refractivity contribution in [2.24, 2.45) is 5.73 Å². The summed E-state index contributed by atoms with van der Waals surface area (Å²) in [6.07, 6.45) is 2.54. The van der Waals surface area contributed by atoms with Gasteiger partial charge < -0.3 is 10.5 Å². The maximum Gasteiger partial charge on any atom is 0.255 e. The van der Waals surface area contributed by atoms with Crippen molar-refractivity contribution in [3.63, 3.8) is 0 Å². The third kappa shape index (κ3) is 3.96. The van der Waals surface area contributed by atoms with Crippen LogP contribution in [-0.2, 0) is 9.59 Å². The summed E-state index contributed by atoms with van der Waals surface area (Å²) in [5.74, 6) is 0.0560. The highest BCUT2D eigenvalue weighted by Gasteiger charge is 1.97. The summed E-state index contributed by atoms with van der Waals surface area (Å²) in [5.41, 5.74) is 6.49. The van der Waals surface area contributed by atoms with Crippen molar-refractivity contribution >= 4 is 18.3 Å². The molecule has 16 heavy (non-hydrogen) atoms. The summed E-state index contributed by atoms with van der Waals surface area (Å²) >= 11 is 0. The quantitative estimate of drug-likeness (QED) is 0.596. The second-order valence-electron chi connectivity index (χ2n) is 3.33. The minimum Gasteiger partial charge on any atom is -0.484 e. The number of rotatable bonds is 5. The fourth-order valence-electron chi connectivity index (χ4n) is 1.11. The van der Waals surface area contributed by atoms with E-state index in [2.05, 4.69) is 0 Å². The van der Waals surface area contributed by atoms with Gasteiger partial charge in [-0.3, -0.25) is 9.59 Å². The second-order valence-corrected chi connectivity index (χ2v) is 3.33. The summed E-state index contributed by atoms with van der Waals surface area (Å²) < 4.78 is 5.09. The molecule has 0 unspecified atom stereocenters. The van der Waals surface area contributed by atoms with E-state index in [1.807, 2.05) is 0 Å². The molecule has 4 nitrogen and oxygen atoms in total. The molecule has 0 fully saturated rings. The highest BCUT2D eigenvalue weighted by Crippen LogP contribution is 2.13. The van der Waals surface area contributed by atoms with Gasteiger partial charge in [-0.05, 0) is 36.3 Å². The number of allylic oxidation sites excluding steroid dienone is 1. The highest BCUT2D eigenvalue weighted by molar-refractivity contribution is 5.80. The summed E-state index contributed by atoms with van der Waals surface area (Å²) in [6.45, 7) is 1.59. The summed E-state index contributed by atoms with van der Waals surface area (Å²) in [7, 11) is 0. The molecule has 0 aliphatic carbocycles. The SMILES string of the molecule is CC(C=O)=Cc1ccc(OCC(N)=O)cc1. The van der Waals surface area contributed by atoms with Crippen molar-refractivity contribution in [2.75, 3.05) is 6.61 Å². The van der Waals surface area contributed by atoms with E-state index >= 15 is 0 Å². The van der Waals surface area contributed by atoms with Gasteiger partial charge in [-0.25, -0.2) is 0 Å². The minimum absolute atomic E-state index is 0.136. The Morgan fingerprint density at radius 3 is 2.50 bits per heavy atom. The molecule has 1 aromatic carbocycles. The lowest BCUT2D eigenvalue weighted by molar-refractivity contribution is -0.120. The molecule has 0 aliphatic rings. The van der Waals surface area contributed by atoms with Crippen LogP contribution in [0.3, 0.4) is 0 Å². The maximum atomic E-state index is 10.5. The molecular formula is C12H13NO3. The molecule has 0 spiro atoms. The Labute approximate surface area is 93.7 Å². The van der Waals surface area contributed by atoms with Crippen LogP contribution < -0.4 is 10.5 Å². The van der Waals surface area contributed by atoms with Crippen molar-refractivity contribution < 1.29 is 14.3 Å². The van der Waals surface area contributed by atoms with Crippen LogP contribution in [0.25, 0.3) is 6.08 Å². The van der Waals surface area contributed by atoms with Crippen LogP contribution in [0.2, 0.25) is 0 Å². The van der Waals surface area contributed by atoms with Crippen LogP contribution in [0.1, 0.15) is 12.5 Å². The van der Waals surface area contributed by atoms with Gasteiger partial charge in [0.05, 0.1) is 0 Å². The zero-order valence-electron chi connectivity index (χ0n) is 8.97. The Hall–Kier alpha value is -2.10. The average molecular weight is 219 g/mol. The second kappa shape index (κ2) is 5.70. The van der Waals surface area contributed by atoms with E-state index in [4.69, 9.17) is 10.5 Å². The predicted octanol–water partition coefficient (Wildman–Crippen LogP) is 1.15. The van der Waals surface area contributed by atoms with Gasteiger partial charge in [-0.2, -0.15) is 0 Å². The number of benzene rings is 1. The van der Waals surface area contributed by atoms with E-state index in [0.29, 0.717) is 11.3 Å². The third-order valence-electron chi connectivity index (χ3n) is 1.84. The van der Waals surface area contributed by atoms with E-state index in [1.54, 1.807) is 37.3 Å². The molecule has 0 heterocycles. The Morgan fingerprint density at radius 2 is 2.00 bits per heavy atom. The number of nitrogens with two attached hydrogens (primary N) is 1. The minimum atomic E-state index is -0.513. The van der Waals surface area contributed by atoms with Gasteiger partial charge in [0.2, 0.25) is 0 Å². The number of aldehydes is 1. The Bertz CT molecular complexity index is 407. The number of carbonyl (C=O) groups excluding carboxylic acids is 2. The molecule has 0 aliphatic heterocycles. The molecule has 1 aromatic rings. The third-order valence-corrected chi connectivity index (χ3v) is 1.84. The first kappa shape index (κ1) is 12.0. The largest absolute Gasteiger partial charge is 0.484 e. The Balaban J connectivity index is 2.68. The molecule has 0 aromatic heterocycles. The van der Waals surface area contributed by atoms with Crippen molar-refractivity contribution in [1.82, 2.24) is 0 Å². The summed E-state index contributed by atoms with van der Waals surface area (Å²) in [5, 5.41) is 0. The predicted molar refractivity (Wildman–Crippen MR) is 60.8 cm³/mol. The van der Waals surface area contributed by atoms with Crippen molar-refractivity contribution in [3.05, 3.63) is 35.4 Å². The van der Waals surface area contributed by atoms with Crippen molar-refractivity contribution in [1.29, 1.82) is 0 Å². The van der Waals surface area contributed by atoms with Gasteiger partial charge in [-0.1, -0.05) is 12.1 Å². The molecule has 0 saturated heterocycles. The van der Waals surface area contributed by atoms with Crippen molar-refractivity contribution in [3.8, 4) is 5.75 Å². The van der Waals surface area contributed by atoms with Crippen LogP contribution in [0.5, 0.6) is 5.75 Å². The fourth-order valence-corrected chi connectivity index (χ4v) is 1.11. The summed E-state index contributed by atoms with van der Waals surface area (Å²) in [6, 6.07) is 7.02. The lowest BCUT2D eigenvalue weighted by Gasteiger charge is -2.03. The van der Waals surface area contributed by atoms with E-state index in [9.17, 15) is 9.59 Å². The molecule has 1 amide bonds. The Morgan fingerprint density at radius 1 is 1.38 bits per heavy atom. The molecule has 0 atom stereocenters. The first-order valence-corrected chi connectivity index (χ1v) is 4.76. The van der Waals surface area contributed by atoms with E-state index in [0.717, 1.165) is 11.8 Å². The van der Waals surface area contributed by atoms with Crippen molar-refractivity contribution in [2.45, 2.75) is 6.92 Å². The lowest BCUT2D eigenvalue weighted by atomic mass is 10.1. The standard InChI is InChI=1S/C12H13NO3/c1-9(7-14)6-10-2-4-11(5-3-10)16-8-12(13)15/h2-7H,8H2,1H3,(H2,13,15). The van der Waals surface area contributed by atoms with Crippen LogP contribution in [0.15, 0.2) is 29.8 Å². The molecule has 84 valence electrons. The molecule has 0 radical (unpaired) electrons. The molecule has 2 N–H and O–H groups in total.